The zero-order valence-electron chi connectivity index (χ0n) is 12.6. The van der Waals surface area contributed by atoms with E-state index in [1.807, 2.05) is 19.1 Å². The van der Waals surface area contributed by atoms with E-state index in [2.05, 4.69) is 15.4 Å². The zero-order valence-corrected chi connectivity index (χ0v) is 14.9. The van der Waals surface area contributed by atoms with Gasteiger partial charge in [0.15, 0.2) is 5.11 Å². The van der Waals surface area contributed by atoms with Gasteiger partial charge in [-0.25, -0.2) is 13.1 Å². The lowest BCUT2D eigenvalue weighted by Crippen LogP contribution is -2.20. The monoisotopic (exact) mass is 369 g/mol. The Morgan fingerprint density at radius 2 is 1.61 bits per heavy atom. The molecule has 0 saturated heterocycles. The minimum atomic E-state index is -3.44. The summed E-state index contributed by atoms with van der Waals surface area (Å²) in [4.78, 5) is 0.190. The topological polar surface area (TPSA) is 70.2 Å². The summed E-state index contributed by atoms with van der Waals surface area (Å²) in [6, 6.07) is 11.8. The molecule has 0 heterocycles. The van der Waals surface area contributed by atoms with Crippen molar-refractivity contribution >= 4 is 50.3 Å². The second-order valence-corrected chi connectivity index (χ2v) is 7.48. The highest BCUT2D eigenvalue weighted by atomic mass is 35.5. The van der Waals surface area contributed by atoms with Crippen LogP contribution in [0.2, 0.25) is 5.02 Å². The van der Waals surface area contributed by atoms with Gasteiger partial charge in [-0.05, 0) is 68.2 Å². The molecule has 0 aliphatic rings. The van der Waals surface area contributed by atoms with E-state index in [4.69, 9.17) is 23.8 Å². The van der Waals surface area contributed by atoms with E-state index in [1.165, 1.54) is 19.2 Å². The fraction of sp³-hybridized carbons (Fsp3) is 0.133. The maximum atomic E-state index is 11.7. The molecule has 8 heteroatoms. The molecule has 2 aromatic rings. The van der Waals surface area contributed by atoms with E-state index in [0.717, 1.165) is 11.3 Å². The largest absolute Gasteiger partial charge is 0.332 e. The van der Waals surface area contributed by atoms with Crippen molar-refractivity contribution in [3.63, 3.8) is 0 Å². The Kier molecular flexibility index (Phi) is 5.59. The summed E-state index contributed by atoms with van der Waals surface area (Å²) in [6.45, 7) is 1.92. The molecule has 0 bridgehead atoms. The molecule has 0 saturated carbocycles. The fourth-order valence-electron chi connectivity index (χ4n) is 1.80. The number of thiocarbonyl (C=S) groups is 1. The number of nitrogens with one attached hydrogen (secondary N) is 3. The maximum Gasteiger partial charge on any atom is 0.240 e. The first-order valence-electron chi connectivity index (χ1n) is 6.69. The third-order valence-electron chi connectivity index (χ3n) is 3.12. The Bertz CT molecular complexity index is 821. The van der Waals surface area contributed by atoms with Crippen LogP contribution in [0.25, 0.3) is 0 Å². The average Bonchev–Trinajstić information content (AvgIpc) is 2.51. The molecule has 0 aliphatic heterocycles. The Balaban J connectivity index is 2.04. The minimum absolute atomic E-state index is 0.190. The van der Waals surface area contributed by atoms with Crippen LogP contribution in [0.4, 0.5) is 11.4 Å². The lowest BCUT2D eigenvalue weighted by molar-refractivity contribution is 0.588. The number of aryl methyl sites for hydroxylation is 1. The number of sulfonamides is 1. The first-order valence-corrected chi connectivity index (χ1v) is 8.96. The second kappa shape index (κ2) is 7.27. The molecule has 0 atom stereocenters. The number of halogens is 1. The van der Waals surface area contributed by atoms with Gasteiger partial charge in [-0.3, -0.25) is 0 Å². The second-order valence-electron chi connectivity index (χ2n) is 4.78. The zero-order chi connectivity index (χ0) is 17.0. The lowest BCUT2D eigenvalue weighted by atomic mass is 10.2. The molecular weight excluding hydrogens is 354 g/mol. The van der Waals surface area contributed by atoms with Gasteiger partial charge in [0.25, 0.3) is 0 Å². The van der Waals surface area contributed by atoms with Crippen LogP contribution < -0.4 is 15.4 Å². The molecule has 2 rings (SSSR count). The van der Waals surface area contributed by atoms with Gasteiger partial charge in [-0.15, -0.1) is 0 Å². The predicted octanol–water partition coefficient (Wildman–Crippen LogP) is 3.37. The minimum Gasteiger partial charge on any atom is -0.332 e. The van der Waals surface area contributed by atoms with E-state index in [9.17, 15) is 8.42 Å². The van der Waals surface area contributed by atoms with Crippen molar-refractivity contribution in [3.05, 3.63) is 53.1 Å². The number of benzene rings is 2. The van der Waals surface area contributed by atoms with Crippen molar-refractivity contribution in [2.75, 3.05) is 17.7 Å². The average molecular weight is 370 g/mol. The van der Waals surface area contributed by atoms with Crippen LogP contribution in [0, 0.1) is 6.92 Å². The molecule has 5 nitrogen and oxygen atoms in total. The third-order valence-corrected chi connectivity index (χ3v) is 5.16. The molecule has 0 aromatic heterocycles. The quantitative estimate of drug-likeness (QED) is 0.721. The van der Waals surface area contributed by atoms with Gasteiger partial charge >= 0.3 is 0 Å². The van der Waals surface area contributed by atoms with Crippen LogP contribution in [0.3, 0.4) is 0 Å². The van der Waals surface area contributed by atoms with Crippen LogP contribution in [0.1, 0.15) is 5.56 Å². The number of hydrogen-bond acceptors (Lipinski definition) is 3. The van der Waals surface area contributed by atoms with Crippen LogP contribution in [0.5, 0.6) is 0 Å². The molecular formula is C15H16ClN3O2S2. The van der Waals surface area contributed by atoms with E-state index in [1.54, 1.807) is 18.2 Å². The summed E-state index contributed by atoms with van der Waals surface area (Å²) in [5.41, 5.74) is 2.43. The van der Waals surface area contributed by atoms with Crippen molar-refractivity contribution < 1.29 is 8.42 Å². The summed E-state index contributed by atoms with van der Waals surface area (Å²) >= 11 is 11.3. The van der Waals surface area contributed by atoms with E-state index >= 15 is 0 Å². The van der Waals surface area contributed by atoms with Crippen molar-refractivity contribution in [2.45, 2.75) is 11.8 Å². The van der Waals surface area contributed by atoms with Gasteiger partial charge in [0.2, 0.25) is 10.0 Å². The molecule has 0 radical (unpaired) electrons. The summed E-state index contributed by atoms with van der Waals surface area (Å²) in [7, 11) is -2.07. The third kappa shape index (κ3) is 4.65. The Morgan fingerprint density at radius 1 is 1.04 bits per heavy atom. The predicted molar refractivity (Wildman–Crippen MR) is 98.7 cm³/mol. The summed E-state index contributed by atoms with van der Waals surface area (Å²) < 4.78 is 25.6. The molecule has 0 unspecified atom stereocenters. The van der Waals surface area contributed by atoms with Crippen LogP contribution in [-0.4, -0.2) is 20.6 Å². The molecule has 0 aliphatic carbocycles. The van der Waals surface area contributed by atoms with Gasteiger partial charge < -0.3 is 10.6 Å². The molecule has 0 spiro atoms. The van der Waals surface area contributed by atoms with Crippen LogP contribution in [-0.2, 0) is 10.0 Å². The van der Waals surface area contributed by atoms with Gasteiger partial charge in [0, 0.05) is 16.4 Å². The van der Waals surface area contributed by atoms with Crippen molar-refractivity contribution in [1.82, 2.24) is 4.72 Å². The normalized spacial score (nSPS) is 11.1. The SMILES string of the molecule is CNS(=O)(=O)c1ccc(NC(=S)Nc2ccc(C)c(Cl)c2)cc1. The first kappa shape index (κ1) is 17.7. The first-order chi connectivity index (χ1) is 10.8. The molecule has 3 N–H and O–H groups in total. The van der Waals surface area contributed by atoms with E-state index < -0.39 is 10.0 Å². The standard InChI is InChI=1S/C15H16ClN3O2S2/c1-10-3-4-12(9-14(10)16)19-15(22)18-11-5-7-13(8-6-11)23(20,21)17-2/h3-9,17H,1-2H3,(H2,18,19,22). The number of rotatable bonds is 4. The van der Waals surface area contributed by atoms with Gasteiger partial charge in [0.05, 0.1) is 4.90 Å². The fourth-order valence-corrected chi connectivity index (χ4v) is 2.95. The van der Waals surface area contributed by atoms with E-state index in [-0.39, 0.29) is 4.90 Å². The maximum absolute atomic E-state index is 11.7. The molecule has 0 fully saturated rings. The van der Waals surface area contributed by atoms with Crippen molar-refractivity contribution in [2.24, 2.45) is 0 Å². The Hall–Kier alpha value is -1.67. The van der Waals surface area contributed by atoms with Gasteiger partial charge in [-0.1, -0.05) is 17.7 Å². The van der Waals surface area contributed by atoms with Crippen LogP contribution >= 0.6 is 23.8 Å². The summed E-state index contributed by atoms with van der Waals surface area (Å²) in [6.07, 6.45) is 0. The van der Waals surface area contributed by atoms with E-state index in [0.29, 0.717) is 15.8 Å². The Labute approximate surface area is 146 Å². The smallest absolute Gasteiger partial charge is 0.240 e. The number of anilines is 2. The Morgan fingerprint density at radius 3 is 2.17 bits per heavy atom. The number of hydrogen-bond donors (Lipinski definition) is 3. The summed E-state index contributed by atoms with van der Waals surface area (Å²) in [5.74, 6) is 0. The summed E-state index contributed by atoms with van der Waals surface area (Å²) in [5, 5.41) is 7.04. The van der Waals surface area contributed by atoms with Crippen molar-refractivity contribution in [3.8, 4) is 0 Å². The lowest BCUT2D eigenvalue weighted by Gasteiger charge is -2.12. The highest BCUT2D eigenvalue weighted by Crippen LogP contribution is 2.20. The highest BCUT2D eigenvalue weighted by molar-refractivity contribution is 7.89. The molecule has 0 amide bonds. The van der Waals surface area contributed by atoms with Gasteiger partial charge in [-0.2, -0.15) is 0 Å². The van der Waals surface area contributed by atoms with Crippen LogP contribution in [0.15, 0.2) is 47.4 Å². The molecule has 23 heavy (non-hydrogen) atoms. The molecule has 122 valence electrons. The van der Waals surface area contributed by atoms with Crippen molar-refractivity contribution in [1.29, 1.82) is 0 Å². The molecule has 2 aromatic carbocycles. The van der Waals surface area contributed by atoms with Gasteiger partial charge in [0.1, 0.15) is 0 Å². The highest BCUT2D eigenvalue weighted by Gasteiger charge is 2.10.